The maximum Gasteiger partial charge on any atom is 0.338 e. The van der Waals surface area contributed by atoms with Crippen LogP contribution in [0, 0.1) is 6.92 Å². The van der Waals surface area contributed by atoms with Crippen LogP contribution in [0.3, 0.4) is 0 Å². The summed E-state index contributed by atoms with van der Waals surface area (Å²) >= 11 is 3.31. The van der Waals surface area contributed by atoms with E-state index in [9.17, 15) is 9.59 Å². The zero-order valence-corrected chi connectivity index (χ0v) is 13.0. The first-order valence-electron chi connectivity index (χ1n) is 6.34. The van der Waals surface area contributed by atoms with Crippen molar-refractivity contribution < 1.29 is 14.3 Å². The van der Waals surface area contributed by atoms with Gasteiger partial charge >= 0.3 is 5.97 Å². The molecule has 2 aromatic rings. The van der Waals surface area contributed by atoms with Crippen LogP contribution in [-0.4, -0.2) is 18.5 Å². The van der Waals surface area contributed by atoms with Crippen molar-refractivity contribution in [1.29, 1.82) is 0 Å². The predicted octanol–water partition coefficient (Wildman–Crippen LogP) is 3.55. The summed E-state index contributed by atoms with van der Waals surface area (Å²) in [6.45, 7) is 1.57. The van der Waals surface area contributed by atoms with Gasteiger partial charge in [0, 0.05) is 10.2 Å². The van der Waals surface area contributed by atoms with Crippen molar-refractivity contribution in [1.82, 2.24) is 0 Å². The molecule has 1 N–H and O–H groups in total. The summed E-state index contributed by atoms with van der Waals surface area (Å²) in [6, 6.07) is 14.2. The fourth-order valence-corrected chi connectivity index (χ4v) is 1.98. The van der Waals surface area contributed by atoms with Gasteiger partial charge in [-0.3, -0.25) is 4.79 Å². The number of ether oxygens (including phenoxy) is 1. The average Bonchev–Trinajstić information content (AvgIpc) is 2.47. The first-order chi connectivity index (χ1) is 10.0. The van der Waals surface area contributed by atoms with E-state index in [1.807, 2.05) is 25.1 Å². The summed E-state index contributed by atoms with van der Waals surface area (Å²) in [7, 11) is 0. The van der Waals surface area contributed by atoms with Crippen LogP contribution in [0.5, 0.6) is 0 Å². The quantitative estimate of drug-likeness (QED) is 0.860. The second kappa shape index (κ2) is 7.04. The van der Waals surface area contributed by atoms with E-state index in [-0.39, 0.29) is 12.5 Å². The van der Waals surface area contributed by atoms with Gasteiger partial charge < -0.3 is 10.1 Å². The molecule has 0 spiro atoms. The van der Waals surface area contributed by atoms with Crippen LogP contribution in [-0.2, 0) is 9.53 Å². The third-order valence-electron chi connectivity index (χ3n) is 2.72. The molecular formula is C16H14BrNO3. The van der Waals surface area contributed by atoms with Gasteiger partial charge in [0.2, 0.25) is 0 Å². The summed E-state index contributed by atoms with van der Waals surface area (Å²) < 4.78 is 5.90. The van der Waals surface area contributed by atoms with Gasteiger partial charge in [0.05, 0.1) is 5.56 Å². The number of carbonyl (C=O) groups is 2. The first kappa shape index (κ1) is 15.3. The van der Waals surface area contributed by atoms with Gasteiger partial charge in [0.15, 0.2) is 6.61 Å². The van der Waals surface area contributed by atoms with Crippen LogP contribution in [0.4, 0.5) is 5.69 Å². The summed E-state index contributed by atoms with van der Waals surface area (Å²) in [5.74, 6) is -0.886. The number of anilines is 1. The minimum absolute atomic E-state index is 0.317. The molecule has 0 saturated carbocycles. The largest absolute Gasteiger partial charge is 0.452 e. The zero-order valence-electron chi connectivity index (χ0n) is 11.4. The molecule has 0 unspecified atom stereocenters. The molecule has 0 fully saturated rings. The Morgan fingerprint density at radius 2 is 1.86 bits per heavy atom. The Morgan fingerprint density at radius 3 is 2.52 bits per heavy atom. The molecular weight excluding hydrogens is 334 g/mol. The number of carbonyl (C=O) groups excluding carboxylic acids is 2. The molecule has 2 rings (SSSR count). The predicted molar refractivity (Wildman–Crippen MR) is 84.2 cm³/mol. The maximum absolute atomic E-state index is 11.8. The van der Waals surface area contributed by atoms with Crippen LogP contribution in [0.1, 0.15) is 15.9 Å². The van der Waals surface area contributed by atoms with Crippen molar-refractivity contribution in [3.8, 4) is 0 Å². The first-order valence-corrected chi connectivity index (χ1v) is 7.13. The van der Waals surface area contributed by atoms with E-state index >= 15 is 0 Å². The topological polar surface area (TPSA) is 55.4 Å². The van der Waals surface area contributed by atoms with Gasteiger partial charge in [-0.1, -0.05) is 33.6 Å². The highest BCUT2D eigenvalue weighted by atomic mass is 79.9. The van der Waals surface area contributed by atoms with Gasteiger partial charge in [0.25, 0.3) is 5.91 Å². The van der Waals surface area contributed by atoms with E-state index in [0.717, 1.165) is 10.0 Å². The van der Waals surface area contributed by atoms with Crippen molar-refractivity contribution in [2.45, 2.75) is 6.92 Å². The third-order valence-corrected chi connectivity index (χ3v) is 3.24. The Morgan fingerprint density at radius 1 is 1.14 bits per heavy atom. The van der Waals surface area contributed by atoms with Crippen molar-refractivity contribution in [2.75, 3.05) is 11.9 Å². The number of rotatable bonds is 4. The Bertz CT molecular complexity index is 653. The lowest BCUT2D eigenvalue weighted by molar-refractivity contribution is -0.119. The van der Waals surface area contributed by atoms with Crippen LogP contribution < -0.4 is 5.32 Å². The fraction of sp³-hybridized carbons (Fsp3) is 0.125. The molecule has 0 aliphatic rings. The van der Waals surface area contributed by atoms with Gasteiger partial charge in [-0.05, 0) is 43.3 Å². The highest BCUT2D eigenvalue weighted by molar-refractivity contribution is 9.10. The smallest absolute Gasteiger partial charge is 0.338 e. The third kappa shape index (κ3) is 4.72. The summed E-state index contributed by atoms with van der Waals surface area (Å²) in [4.78, 5) is 23.5. The van der Waals surface area contributed by atoms with Gasteiger partial charge in [-0.25, -0.2) is 4.79 Å². The summed E-state index contributed by atoms with van der Waals surface area (Å²) in [6.07, 6.45) is 0. The normalized spacial score (nSPS) is 10.0. The van der Waals surface area contributed by atoms with Gasteiger partial charge in [-0.15, -0.1) is 0 Å². The molecule has 21 heavy (non-hydrogen) atoms. The molecule has 0 bridgehead atoms. The molecule has 0 heterocycles. The molecule has 0 aromatic heterocycles. The molecule has 0 aliphatic carbocycles. The van der Waals surface area contributed by atoms with Crippen molar-refractivity contribution >= 4 is 33.5 Å². The Kier molecular flexibility index (Phi) is 5.11. The van der Waals surface area contributed by atoms with E-state index in [1.165, 1.54) is 0 Å². The maximum atomic E-state index is 11.8. The molecule has 5 heteroatoms. The minimum atomic E-state index is -0.510. The average molecular weight is 348 g/mol. The highest BCUT2D eigenvalue weighted by Gasteiger charge is 2.10. The molecule has 0 saturated heterocycles. The molecule has 0 aliphatic heterocycles. The van der Waals surface area contributed by atoms with Gasteiger partial charge in [-0.2, -0.15) is 0 Å². The molecule has 1 amide bonds. The minimum Gasteiger partial charge on any atom is -0.452 e. The number of halogens is 1. The number of amides is 1. The van der Waals surface area contributed by atoms with Gasteiger partial charge in [0.1, 0.15) is 0 Å². The zero-order chi connectivity index (χ0) is 15.2. The molecule has 0 atom stereocenters. The number of nitrogens with one attached hydrogen (secondary N) is 1. The lowest BCUT2D eigenvalue weighted by atomic mass is 10.1. The highest BCUT2D eigenvalue weighted by Crippen LogP contribution is 2.14. The van der Waals surface area contributed by atoms with E-state index in [0.29, 0.717) is 11.3 Å². The summed E-state index contributed by atoms with van der Waals surface area (Å²) in [5, 5.41) is 2.65. The number of hydrogen-bond donors (Lipinski definition) is 1. The van der Waals surface area contributed by atoms with E-state index in [4.69, 9.17) is 4.74 Å². The SMILES string of the molecule is Cc1cccc(C(=O)OCC(=O)Nc2ccc(Br)cc2)c1. The second-order valence-corrected chi connectivity index (χ2v) is 5.42. The van der Waals surface area contributed by atoms with Crippen molar-refractivity contribution in [2.24, 2.45) is 0 Å². The molecule has 0 radical (unpaired) electrons. The van der Waals surface area contributed by atoms with Crippen LogP contribution in [0.15, 0.2) is 53.0 Å². The fourth-order valence-electron chi connectivity index (χ4n) is 1.72. The van der Waals surface area contributed by atoms with E-state index in [1.54, 1.807) is 30.3 Å². The Labute approximate surface area is 131 Å². The van der Waals surface area contributed by atoms with E-state index in [2.05, 4.69) is 21.2 Å². The second-order valence-electron chi connectivity index (χ2n) is 4.50. The lowest BCUT2D eigenvalue weighted by Crippen LogP contribution is -2.20. The number of esters is 1. The summed E-state index contributed by atoms with van der Waals surface area (Å²) in [5.41, 5.74) is 2.05. The number of benzene rings is 2. The lowest BCUT2D eigenvalue weighted by Gasteiger charge is -2.07. The Hall–Kier alpha value is -2.14. The number of hydrogen-bond acceptors (Lipinski definition) is 3. The monoisotopic (exact) mass is 347 g/mol. The molecule has 4 nitrogen and oxygen atoms in total. The van der Waals surface area contributed by atoms with Crippen molar-refractivity contribution in [3.63, 3.8) is 0 Å². The van der Waals surface area contributed by atoms with Crippen LogP contribution in [0.2, 0.25) is 0 Å². The molecule has 2 aromatic carbocycles. The van der Waals surface area contributed by atoms with Crippen LogP contribution >= 0.6 is 15.9 Å². The van der Waals surface area contributed by atoms with Crippen molar-refractivity contribution in [3.05, 3.63) is 64.1 Å². The molecule has 108 valence electrons. The van der Waals surface area contributed by atoms with E-state index < -0.39 is 5.97 Å². The Balaban J connectivity index is 1.86. The van der Waals surface area contributed by atoms with Crippen LogP contribution in [0.25, 0.3) is 0 Å². The standard InChI is InChI=1S/C16H14BrNO3/c1-11-3-2-4-12(9-11)16(20)21-10-15(19)18-14-7-5-13(17)6-8-14/h2-9H,10H2,1H3,(H,18,19). The number of aryl methyl sites for hydroxylation is 1.